The minimum absolute atomic E-state index is 0.325. The molecule has 0 bridgehead atoms. The van der Waals surface area contributed by atoms with E-state index in [1.54, 1.807) is 0 Å². The van der Waals surface area contributed by atoms with Crippen molar-refractivity contribution in [3.63, 3.8) is 0 Å². The van der Waals surface area contributed by atoms with Crippen molar-refractivity contribution in [3.05, 3.63) is 35.2 Å². The Hall–Kier alpha value is -2.08. The summed E-state index contributed by atoms with van der Waals surface area (Å²) >= 11 is 5.97. The van der Waals surface area contributed by atoms with Crippen LogP contribution in [0.15, 0.2) is 33.8 Å². The molecule has 124 valence electrons. The summed E-state index contributed by atoms with van der Waals surface area (Å²) < 4.78 is 5.27. The minimum Gasteiger partial charge on any atom is -0.357 e. The summed E-state index contributed by atoms with van der Waals surface area (Å²) in [5, 5.41) is 11.1. The third-order valence-electron chi connectivity index (χ3n) is 2.92. The highest BCUT2D eigenvalue weighted by atomic mass is 35.5. The minimum atomic E-state index is 0.325. The zero-order valence-corrected chi connectivity index (χ0v) is 14.4. The van der Waals surface area contributed by atoms with Crippen molar-refractivity contribution in [1.29, 1.82) is 0 Å². The van der Waals surface area contributed by atoms with Gasteiger partial charge in [-0.1, -0.05) is 28.9 Å². The number of guanidine groups is 1. The van der Waals surface area contributed by atoms with Gasteiger partial charge in [0.15, 0.2) is 5.96 Å². The average molecular weight is 336 g/mol. The number of hydrogen-bond donors (Lipinski definition) is 2. The first-order valence-electron chi connectivity index (χ1n) is 7.72. The normalized spacial score (nSPS) is 11.8. The van der Waals surface area contributed by atoms with Crippen LogP contribution in [0.1, 0.15) is 26.7 Å². The Balaban J connectivity index is 1.96. The highest BCUT2D eigenvalue weighted by molar-refractivity contribution is 6.30. The van der Waals surface area contributed by atoms with Crippen molar-refractivity contribution in [3.8, 4) is 11.4 Å². The quantitative estimate of drug-likeness (QED) is 0.627. The summed E-state index contributed by atoms with van der Waals surface area (Å²) in [5.41, 5.74) is 0.839. The molecule has 1 heterocycles. The van der Waals surface area contributed by atoms with Gasteiger partial charge in [-0.3, -0.25) is 4.99 Å². The molecule has 0 amide bonds. The third kappa shape index (κ3) is 5.56. The second-order valence-corrected chi connectivity index (χ2v) is 5.77. The number of nitrogens with one attached hydrogen (secondary N) is 2. The van der Waals surface area contributed by atoms with Crippen LogP contribution in [0.25, 0.3) is 11.4 Å². The van der Waals surface area contributed by atoms with Crippen molar-refractivity contribution in [2.24, 2.45) is 4.99 Å². The molecule has 0 aliphatic carbocycles. The van der Waals surface area contributed by atoms with Crippen LogP contribution >= 0.6 is 11.6 Å². The largest absolute Gasteiger partial charge is 0.357 e. The number of benzene rings is 1. The van der Waals surface area contributed by atoms with Crippen LogP contribution in [0, 0.1) is 0 Å². The van der Waals surface area contributed by atoms with Crippen LogP contribution in [0.2, 0.25) is 5.02 Å². The number of hydrogen-bond acceptors (Lipinski definition) is 4. The van der Waals surface area contributed by atoms with E-state index < -0.39 is 0 Å². The van der Waals surface area contributed by atoms with Crippen molar-refractivity contribution >= 4 is 17.6 Å². The highest BCUT2D eigenvalue weighted by Gasteiger charge is 2.09. The van der Waals surface area contributed by atoms with Crippen LogP contribution in [0.4, 0.5) is 0 Å². The number of aromatic nitrogens is 2. The Kier molecular flexibility index (Phi) is 6.40. The lowest BCUT2D eigenvalue weighted by Crippen LogP contribution is -2.41. The molecule has 2 rings (SSSR count). The van der Waals surface area contributed by atoms with Gasteiger partial charge in [0, 0.05) is 29.6 Å². The molecular weight excluding hydrogens is 314 g/mol. The van der Waals surface area contributed by atoms with Gasteiger partial charge in [0.1, 0.15) is 0 Å². The molecule has 1 aromatic heterocycles. The zero-order chi connectivity index (χ0) is 16.7. The third-order valence-corrected chi connectivity index (χ3v) is 3.15. The smallest absolute Gasteiger partial charge is 0.228 e. The molecule has 23 heavy (non-hydrogen) atoms. The number of aliphatic imine (C=N–C) groups is 1. The molecule has 0 unspecified atom stereocenters. The van der Waals surface area contributed by atoms with E-state index in [-0.39, 0.29) is 0 Å². The Bertz CT molecular complexity index is 653. The van der Waals surface area contributed by atoms with E-state index in [1.165, 1.54) is 0 Å². The molecule has 2 N–H and O–H groups in total. The maximum Gasteiger partial charge on any atom is 0.228 e. The van der Waals surface area contributed by atoms with Crippen molar-refractivity contribution in [2.45, 2.75) is 33.2 Å². The maximum absolute atomic E-state index is 5.97. The van der Waals surface area contributed by atoms with E-state index in [0.29, 0.717) is 35.7 Å². The highest BCUT2D eigenvalue weighted by Crippen LogP contribution is 2.19. The second kappa shape index (κ2) is 8.53. The first-order chi connectivity index (χ1) is 11.1. The van der Waals surface area contributed by atoms with Gasteiger partial charge in [-0.05, 0) is 32.9 Å². The summed E-state index contributed by atoms with van der Waals surface area (Å²) in [4.78, 5) is 8.87. The molecule has 0 fully saturated rings. The van der Waals surface area contributed by atoms with Crippen LogP contribution in [0.5, 0.6) is 0 Å². The van der Waals surface area contributed by atoms with Crippen LogP contribution in [-0.4, -0.2) is 35.2 Å². The van der Waals surface area contributed by atoms with Crippen molar-refractivity contribution < 1.29 is 4.52 Å². The molecule has 0 aliphatic heterocycles. The fraction of sp³-hybridized carbons (Fsp3) is 0.438. The zero-order valence-electron chi connectivity index (χ0n) is 13.6. The van der Waals surface area contributed by atoms with Gasteiger partial charge in [0.25, 0.3) is 0 Å². The van der Waals surface area contributed by atoms with Gasteiger partial charge in [-0.2, -0.15) is 4.98 Å². The molecule has 0 atom stereocenters. The van der Waals surface area contributed by atoms with Crippen molar-refractivity contribution in [1.82, 2.24) is 20.8 Å². The Morgan fingerprint density at radius 1 is 1.39 bits per heavy atom. The van der Waals surface area contributed by atoms with E-state index in [9.17, 15) is 0 Å². The number of halogens is 1. The number of rotatable bonds is 6. The van der Waals surface area contributed by atoms with Gasteiger partial charge >= 0.3 is 0 Å². The average Bonchev–Trinajstić information content (AvgIpc) is 2.96. The van der Waals surface area contributed by atoms with E-state index in [0.717, 1.165) is 18.1 Å². The lowest BCUT2D eigenvalue weighted by molar-refractivity contribution is 0.380. The maximum atomic E-state index is 5.97. The van der Waals surface area contributed by atoms with Gasteiger partial charge in [-0.15, -0.1) is 0 Å². The molecule has 0 saturated heterocycles. The number of nitrogens with zero attached hydrogens (tertiary/aromatic N) is 3. The first-order valence-corrected chi connectivity index (χ1v) is 8.09. The summed E-state index contributed by atoms with van der Waals surface area (Å²) in [6, 6.07) is 7.70. The monoisotopic (exact) mass is 335 g/mol. The fourth-order valence-corrected chi connectivity index (χ4v) is 2.15. The van der Waals surface area contributed by atoms with E-state index >= 15 is 0 Å². The lowest BCUT2D eigenvalue weighted by Gasteiger charge is -2.13. The topological polar surface area (TPSA) is 75.3 Å². The van der Waals surface area contributed by atoms with Crippen LogP contribution in [0.3, 0.4) is 0 Å². The summed E-state index contributed by atoms with van der Waals surface area (Å²) in [7, 11) is 0. The molecule has 2 aromatic rings. The first kappa shape index (κ1) is 17.3. The van der Waals surface area contributed by atoms with E-state index in [4.69, 9.17) is 16.1 Å². The summed E-state index contributed by atoms with van der Waals surface area (Å²) in [6.07, 6.45) is 0.586. The standard InChI is InChI=1S/C16H22ClN5O/c1-4-18-16(20-11(2)3)19-9-8-14-21-15(22-23-14)12-6-5-7-13(17)10-12/h5-7,10-11H,4,8-9H2,1-3H3,(H2,18,19,20). The van der Waals surface area contributed by atoms with Gasteiger partial charge < -0.3 is 15.2 Å². The lowest BCUT2D eigenvalue weighted by atomic mass is 10.2. The van der Waals surface area contributed by atoms with Gasteiger partial charge in [0.05, 0.1) is 6.54 Å². The van der Waals surface area contributed by atoms with Gasteiger partial charge in [0.2, 0.25) is 11.7 Å². The molecule has 7 heteroatoms. The molecular formula is C16H22ClN5O. The van der Waals surface area contributed by atoms with E-state index in [2.05, 4.69) is 39.6 Å². The molecule has 6 nitrogen and oxygen atoms in total. The fourth-order valence-electron chi connectivity index (χ4n) is 1.96. The molecule has 0 radical (unpaired) electrons. The Morgan fingerprint density at radius 2 is 2.22 bits per heavy atom. The molecule has 1 aromatic carbocycles. The second-order valence-electron chi connectivity index (χ2n) is 5.33. The van der Waals surface area contributed by atoms with Crippen LogP contribution in [-0.2, 0) is 6.42 Å². The van der Waals surface area contributed by atoms with Crippen molar-refractivity contribution in [2.75, 3.05) is 13.1 Å². The summed E-state index contributed by atoms with van der Waals surface area (Å²) in [5.74, 6) is 1.89. The predicted octanol–water partition coefficient (Wildman–Crippen LogP) is 2.90. The van der Waals surface area contributed by atoms with Gasteiger partial charge in [-0.25, -0.2) is 0 Å². The Morgan fingerprint density at radius 3 is 2.91 bits per heavy atom. The molecule has 0 saturated carbocycles. The predicted molar refractivity (Wildman–Crippen MR) is 92.7 cm³/mol. The van der Waals surface area contributed by atoms with Crippen LogP contribution < -0.4 is 10.6 Å². The molecule has 0 aliphatic rings. The SMILES string of the molecule is CCNC(=NCCc1nc(-c2cccc(Cl)c2)no1)NC(C)C. The summed E-state index contributed by atoms with van der Waals surface area (Å²) in [6.45, 7) is 7.56. The molecule has 0 spiro atoms. The Labute approximate surface area is 141 Å². The van der Waals surface area contributed by atoms with E-state index in [1.807, 2.05) is 31.2 Å².